The molecule has 0 amide bonds. The van der Waals surface area contributed by atoms with Gasteiger partial charge in [0.25, 0.3) is 0 Å². The number of hydrogen-bond donors (Lipinski definition) is 1. The normalized spacial score (nSPS) is 17.1. The highest BCUT2D eigenvalue weighted by Crippen LogP contribution is 2.22. The van der Waals surface area contributed by atoms with Gasteiger partial charge in [-0.05, 0) is 44.6 Å². The Morgan fingerprint density at radius 3 is 1.88 bits per heavy atom. The predicted molar refractivity (Wildman–Crippen MR) is 113 cm³/mol. The highest BCUT2D eigenvalue weighted by Gasteiger charge is 2.16. The van der Waals surface area contributed by atoms with E-state index in [0.717, 1.165) is 24.8 Å². The third-order valence-electron chi connectivity index (χ3n) is 5.72. The Labute approximate surface area is 163 Å². The van der Waals surface area contributed by atoms with Crippen LogP contribution in [0.1, 0.15) is 129 Å². The van der Waals surface area contributed by atoms with E-state index < -0.39 is 6.29 Å². The van der Waals surface area contributed by atoms with Crippen molar-refractivity contribution in [2.45, 2.75) is 142 Å². The van der Waals surface area contributed by atoms with Crippen molar-refractivity contribution in [3.63, 3.8) is 0 Å². The quantitative estimate of drug-likeness (QED) is 0.162. The number of unbranched alkanes of at least 4 members (excludes halogenated alkanes) is 12. The minimum Gasteiger partial charge on any atom is -0.364 e. The molecular weight excluding hydrogens is 320 g/mol. The molecule has 0 saturated carbocycles. The molecule has 0 heterocycles. The molecule has 154 valence electrons. The lowest BCUT2D eigenvalue weighted by atomic mass is 9.99. The van der Waals surface area contributed by atoms with E-state index in [0.29, 0.717) is 0 Å². The van der Waals surface area contributed by atoms with Crippen LogP contribution in [0.15, 0.2) is 11.6 Å². The number of hydrogen-bond acceptors (Lipinski definition) is 2. The Kier molecular flexibility index (Phi) is 15.3. The number of aliphatic hydroxyl groups excluding tert-OH is 1. The zero-order chi connectivity index (χ0) is 18.9. The number of aliphatic hydroxyl groups is 1. The summed E-state index contributed by atoms with van der Waals surface area (Å²) in [6.45, 7) is 4.39. The molecule has 0 fully saturated rings. The van der Waals surface area contributed by atoms with Crippen molar-refractivity contribution in [3.8, 4) is 0 Å². The molecule has 0 saturated heterocycles. The molecule has 1 N–H and O–H groups in total. The molecule has 0 aromatic rings. The molecule has 1 aliphatic carbocycles. The molecule has 26 heavy (non-hydrogen) atoms. The number of ether oxygens (including phenoxy) is 1. The smallest absolute Gasteiger partial charge is 0.177 e. The number of allylic oxidation sites excluding steroid dienone is 1. The van der Waals surface area contributed by atoms with Crippen molar-refractivity contribution in [1.29, 1.82) is 0 Å². The van der Waals surface area contributed by atoms with Crippen LogP contribution in [0.25, 0.3) is 0 Å². The van der Waals surface area contributed by atoms with Crippen LogP contribution in [0, 0.1) is 0 Å². The largest absolute Gasteiger partial charge is 0.364 e. The van der Waals surface area contributed by atoms with Crippen LogP contribution in [0.3, 0.4) is 0 Å². The van der Waals surface area contributed by atoms with Gasteiger partial charge in [0, 0.05) is 0 Å². The Hall–Kier alpha value is -0.340. The van der Waals surface area contributed by atoms with Crippen molar-refractivity contribution in [2.24, 2.45) is 0 Å². The van der Waals surface area contributed by atoms with E-state index in [9.17, 15) is 5.11 Å². The summed E-state index contributed by atoms with van der Waals surface area (Å²) in [5.74, 6) is 0. The molecule has 0 aromatic heterocycles. The van der Waals surface area contributed by atoms with Crippen LogP contribution < -0.4 is 0 Å². The summed E-state index contributed by atoms with van der Waals surface area (Å²) in [5, 5.41) is 10.2. The van der Waals surface area contributed by atoms with E-state index in [1.54, 1.807) is 0 Å². The summed E-state index contributed by atoms with van der Waals surface area (Å²) in [6, 6.07) is 0. The van der Waals surface area contributed by atoms with Gasteiger partial charge >= 0.3 is 0 Å². The van der Waals surface area contributed by atoms with Gasteiger partial charge in [-0.2, -0.15) is 0 Å². The highest BCUT2D eigenvalue weighted by atomic mass is 16.6. The molecule has 2 atom stereocenters. The van der Waals surface area contributed by atoms with Gasteiger partial charge in [0.2, 0.25) is 0 Å². The maximum atomic E-state index is 10.2. The molecular formula is C24H46O2. The van der Waals surface area contributed by atoms with E-state index in [4.69, 9.17) is 4.74 Å². The first-order valence-electron chi connectivity index (χ1n) is 11.8. The fourth-order valence-corrected chi connectivity index (χ4v) is 3.91. The molecule has 1 unspecified atom stereocenters. The molecule has 0 spiro atoms. The highest BCUT2D eigenvalue weighted by molar-refractivity contribution is 5.07. The third-order valence-corrected chi connectivity index (χ3v) is 5.72. The number of rotatable bonds is 17. The lowest BCUT2D eigenvalue weighted by Crippen LogP contribution is -2.22. The standard InChI is InChI=1S/C24H46O2/c1-3-4-5-6-7-8-9-10-11-12-13-14-16-19-22(2)26-24(25)23-20-17-15-18-21-23/h20,22,24-25H,3-19,21H2,1-2H3/t22?,24-/m1/s1. The van der Waals surface area contributed by atoms with Gasteiger partial charge in [0.15, 0.2) is 6.29 Å². The van der Waals surface area contributed by atoms with Crippen molar-refractivity contribution in [3.05, 3.63) is 11.6 Å². The predicted octanol–water partition coefficient (Wildman–Crippen LogP) is 7.69. The maximum absolute atomic E-state index is 10.2. The topological polar surface area (TPSA) is 29.5 Å². The molecule has 0 aliphatic heterocycles. The average Bonchev–Trinajstić information content (AvgIpc) is 2.66. The van der Waals surface area contributed by atoms with Crippen LogP contribution in [0.4, 0.5) is 0 Å². The minimum absolute atomic E-state index is 0.167. The minimum atomic E-state index is -0.660. The zero-order valence-electron chi connectivity index (χ0n) is 17.8. The van der Waals surface area contributed by atoms with Gasteiger partial charge in [-0.3, -0.25) is 0 Å². The Morgan fingerprint density at radius 2 is 1.38 bits per heavy atom. The molecule has 0 aromatic carbocycles. The summed E-state index contributed by atoms with van der Waals surface area (Å²) < 4.78 is 5.78. The average molecular weight is 367 g/mol. The first-order valence-corrected chi connectivity index (χ1v) is 11.8. The molecule has 2 nitrogen and oxygen atoms in total. The first-order chi connectivity index (χ1) is 12.7. The second kappa shape index (κ2) is 16.8. The fraction of sp³-hybridized carbons (Fsp3) is 0.917. The summed E-state index contributed by atoms with van der Waals surface area (Å²) in [7, 11) is 0. The molecule has 0 radical (unpaired) electrons. The van der Waals surface area contributed by atoms with E-state index in [1.165, 1.54) is 96.3 Å². The van der Waals surface area contributed by atoms with Gasteiger partial charge in [-0.1, -0.05) is 96.5 Å². The fourth-order valence-electron chi connectivity index (χ4n) is 3.91. The summed E-state index contributed by atoms with van der Waals surface area (Å²) in [4.78, 5) is 0. The van der Waals surface area contributed by atoms with E-state index in [2.05, 4.69) is 19.9 Å². The second-order valence-electron chi connectivity index (χ2n) is 8.36. The van der Waals surface area contributed by atoms with Crippen LogP contribution in [0.5, 0.6) is 0 Å². The van der Waals surface area contributed by atoms with Gasteiger partial charge in [-0.15, -0.1) is 0 Å². The summed E-state index contributed by atoms with van der Waals surface area (Å²) in [5.41, 5.74) is 1.11. The Bertz CT molecular complexity index is 337. The SMILES string of the molecule is CCCCCCCCCCCCCCCC(C)O[C@@H](O)C1=CCCCC1. The van der Waals surface area contributed by atoms with Gasteiger partial charge in [0.1, 0.15) is 0 Å². The lowest BCUT2D eigenvalue weighted by molar-refractivity contribution is -0.110. The molecule has 1 rings (SSSR count). The molecule has 2 heteroatoms. The Morgan fingerprint density at radius 1 is 0.846 bits per heavy atom. The van der Waals surface area contributed by atoms with Gasteiger partial charge in [0.05, 0.1) is 6.10 Å². The van der Waals surface area contributed by atoms with Crippen molar-refractivity contribution in [2.75, 3.05) is 0 Å². The van der Waals surface area contributed by atoms with Crippen LogP contribution >= 0.6 is 0 Å². The molecule has 0 bridgehead atoms. The van der Waals surface area contributed by atoms with Crippen LogP contribution in [-0.2, 0) is 4.74 Å². The summed E-state index contributed by atoms with van der Waals surface area (Å²) in [6.07, 6.45) is 25.4. The van der Waals surface area contributed by atoms with E-state index in [-0.39, 0.29) is 6.10 Å². The zero-order valence-corrected chi connectivity index (χ0v) is 17.8. The van der Waals surface area contributed by atoms with Crippen LogP contribution in [0.2, 0.25) is 0 Å². The van der Waals surface area contributed by atoms with Crippen molar-refractivity contribution >= 4 is 0 Å². The third kappa shape index (κ3) is 12.9. The van der Waals surface area contributed by atoms with Gasteiger partial charge in [-0.25, -0.2) is 0 Å². The van der Waals surface area contributed by atoms with E-state index in [1.807, 2.05) is 0 Å². The van der Waals surface area contributed by atoms with Crippen molar-refractivity contribution < 1.29 is 9.84 Å². The lowest BCUT2D eigenvalue weighted by Gasteiger charge is -2.22. The maximum Gasteiger partial charge on any atom is 0.177 e. The van der Waals surface area contributed by atoms with E-state index >= 15 is 0 Å². The van der Waals surface area contributed by atoms with Crippen LogP contribution in [-0.4, -0.2) is 17.5 Å². The first kappa shape index (κ1) is 23.7. The summed E-state index contributed by atoms with van der Waals surface area (Å²) >= 11 is 0. The Balaban J connectivity index is 1.84. The monoisotopic (exact) mass is 366 g/mol. The molecule has 1 aliphatic rings. The second-order valence-corrected chi connectivity index (χ2v) is 8.36. The van der Waals surface area contributed by atoms with Crippen molar-refractivity contribution in [1.82, 2.24) is 0 Å². The van der Waals surface area contributed by atoms with Gasteiger partial charge < -0.3 is 9.84 Å².